The Kier molecular flexibility index (Phi) is 4.79. The second-order valence-corrected chi connectivity index (χ2v) is 7.19. The van der Waals surface area contributed by atoms with Gasteiger partial charge in [-0.15, -0.1) is 0 Å². The van der Waals surface area contributed by atoms with Crippen molar-refractivity contribution in [3.63, 3.8) is 0 Å². The summed E-state index contributed by atoms with van der Waals surface area (Å²) < 4.78 is 26.6. The molecule has 1 aliphatic rings. The smallest absolute Gasteiger partial charge is 0.246 e. The highest BCUT2D eigenvalue weighted by Crippen LogP contribution is 2.21. The molecule has 1 fully saturated rings. The molecule has 1 aromatic heterocycles. The van der Waals surface area contributed by atoms with Crippen molar-refractivity contribution in [1.82, 2.24) is 19.4 Å². The van der Waals surface area contributed by atoms with Crippen molar-refractivity contribution in [3.8, 4) is 0 Å². The fraction of sp³-hybridized carbons (Fsp3) is 0.750. The van der Waals surface area contributed by atoms with Gasteiger partial charge in [-0.1, -0.05) is 0 Å². The van der Waals surface area contributed by atoms with E-state index in [0.717, 1.165) is 19.6 Å². The zero-order valence-electron chi connectivity index (χ0n) is 12.1. The quantitative estimate of drug-likeness (QED) is 0.764. The van der Waals surface area contributed by atoms with E-state index in [1.165, 1.54) is 17.1 Å². The number of sulfonamides is 1. The van der Waals surface area contributed by atoms with Gasteiger partial charge in [-0.05, 0) is 32.9 Å². The standard InChI is InChI=1S/C12H23N5O2S/c1-10-12(11(9-13)15-14-10)20(18,19)16(2)7-8-17-5-3-4-6-17/h3-9,13H2,1-2H3,(H,14,15). The van der Waals surface area contributed by atoms with Crippen LogP contribution in [0.25, 0.3) is 0 Å². The van der Waals surface area contributed by atoms with Crippen LogP contribution in [-0.4, -0.2) is 61.0 Å². The Bertz CT molecular complexity index is 548. The van der Waals surface area contributed by atoms with E-state index in [1.807, 2.05) is 0 Å². The third-order valence-electron chi connectivity index (χ3n) is 3.75. The number of aromatic amines is 1. The Morgan fingerprint density at radius 3 is 2.65 bits per heavy atom. The number of H-pyrrole nitrogens is 1. The van der Waals surface area contributed by atoms with E-state index in [9.17, 15) is 8.42 Å². The molecule has 3 N–H and O–H groups in total. The fourth-order valence-electron chi connectivity index (χ4n) is 2.51. The van der Waals surface area contributed by atoms with E-state index in [-0.39, 0.29) is 11.4 Å². The molecule has 0 unspecified atom stereocenters. The number of nitrogens with two attached hydrogens (primary N) is 1. The van der Waals surface area contributed by atoms with E-state index in [4.69, 9.17) is 5.73 Å². The van der Waals surface area contributed by atoms with Gasteiger partial charge >= 0.3 is 0 Å². The molecule has 0 spiro atoms. The van der Waals surface area contributed by atoms with Crippen molar-refractivity contribution < 1.29 is 8.42 Å². The number of hydrogen-bond donors (Lipinski definition) is 2. The number of likely N-dealkylation sites (N-methyl/N-ethyl adjacent to an activating group) is 1. The number of rotatable bonds is 6. The molecule has 7 nitrogen and oxygen atoms in total. The van der Waals surface area contributed by atoms with E-state index in [0.29, 0.717) is 17.9 Å². The van der Waals surface area contributed by atoms with Crippen LogP contribution in [0.5, 0.6) is 0 Å². The lowest BCUT2D eigenvalue weighted by Gasteiger charge is -2.21. The summed E-state index contributed by atoms with van der Waals surface area (Å²) in [5, 5.41) is 6.65. The largest absolute Gasteiger partial charge is 0.325 e. The first-order valence-corrected chi connectivity index (χ1v) is 8.33. The number of nitrogens with one attached hydrogen (secondary N) is 1. The van der Waals surface area contributed by atoms with Crippen LogP contribution in [0.3, 0.4) is 0 Å². The lowest BCUT2D eigenvalue weighted by atomic mass is 10.4. The summed E-state index contributed by atoms with van der Waals surface area (Å²) in [7, 11) is -1.92. The fourth-order valence-corrected chi connectivity index (χ4v) is 4.01. The molecule has 0 radical (unpaired) electrons. The Labute approximate surface area is 120 Å². The van der Waals surface area contributed by atoms with Crippen LogP contribution in [0.1, 0.15) is 24.2 Å². The maximum Gasteiger partial charge on any atom is 0.246 e. The monoisotopic (exact) mass is 301 g/mol. The Hall–Kier alpha value is -0.960. The van der Waals surface area contributed by atoms with E-state index in [2.05, 4.69) is 15.1 Å². The zero-order valence-corrected chi connectivity index (χ0v) is 12.9. The minimum absolute atomic E-state index is 0.110. The highest BCUT2D eigenvalue weighted by atomic mass is 32.2. The van der Waals surface area contributed by atoms with E-state index < -0.39 is 10.0 Å². The maximum atomic E-state index is 12.6. The Morgan fingerprint density at radius 2 is 2.05 bits per heavy atom. The summed E-state index contributed by atoms with van der Waals surface area (Å²) in [6.07, 6.45) is 2.41. The van der Waals surface area contributed by atoms with Crippen molar-refractivity contribution in [2.24, 2.45) is 5.73 Å². The molecule has 0 aromatic carbocycles. The van der Waals surface area contributed by atoms with Gasteiger partial charge < -0.3 is 10.6 Å². The first-order chi connectivity index (χ1) is 9.46. The van der Waals surface area contributed by atoms with Crippen molar-refractivity contribution in [3.05, 3.63) is 11.4 Å². The van der Waals surface area contributed by atoms with Gasteiger partial charge in [0, 0.05) is 26.7 Å². The lowest BCUT2D eigenvalue weighted by molar-refractivity contribution is 0.310. The summed E-state index contributed by atoms with van der Waals surface area (Å²) in [5.74, 6) is 0. The predicted molar refractivity (Wildman–Crippen MR) is 76.7 cm³/mol. The maximum absolute atomic E-state index is 12.6. The van der Waals surface area contributed by atoms with Crippen molar-refractivity contribution >= 4 is 10.0 Å². The summed E-state index contributed by atoms with van der Waals surface area (Å²) >= 11 is 0. The van der Waals surface area contributed by atoms with Crippen LogP contribution in [0.2, 0.25) is 0 Å². The average Bonchev–Trinajstić information content (AvgIpc) is 3.04. The Balaban J connectivity index is 2.10. The second-order valence-electron chi connectivity index (χ2n) is 5.20. The molecule has 1 saturated heterocycles. The molecule has 2 rings (SSSR count). The molecule has 8 heteroatoms. The summed E-state index contributed by atoms with van der Waals surface area (Å²) in [5.41, 5.74) is 6.50. The van der Waals surface area contributed by atoms with Crippen LogP contribution in [0.15, 0.2) is 4.90 Å². The highest BCUT2D eigenvalue weighted by Gasteiger charge is 2.28. The molecule has 2 heterocycles. The van der Waals surface area contributed by atoms with Crippen LogP contribution in [0, 0.1) is 6.92 Å². The molecule has 0 bridgehead atoms. The Morgan fingerprint density at radius 1 is 1.40 bits per heavy atom. The number of aromatic nitrogens is 2. The zero-order chi connectivity index (χ0) is 14.8. The minimum Gasteiger partial charge on any atom is -0.325 e. The van der Waals surface area contributed by atoms with Crippen LogP contribution in [-0.2, 0) is 16.6 Å². The molecule has 0 atom stereocenters. The van der Waals surface area contributed by atoms with Gasteiger partial charge in [0.1, 0.15) is 4.90 Å². The summed E-state index contributed by atoms with van der Waals surface area (Å²) in [6.45, 7) is 5.19. The van der Waals surface area contributed by atoms with Crippen molar-refractivity contribution in [1.29, 1.82) is 0 Å². The first kappa shape index (κ1) is 15.4. The lowest BCUT2D eigenvalue weighted by Crippen LogP contribution is -2.35. The van der Waals surface area contributed by atoms with Crippen LogP contribution in [0.4, 0.5) is 0 Å². The van der Waals surface area contributed by atoms with Gasteiger partial charge in [-0.25, -0.2) is 8.42 Å². The molecular formula is C12H23N5O2S. The molecule has 0 aliphatic carbocycles. The summed E-state index contributed by atoms with van der Waals surface area (Å²) in [4.78, 5) is 2.52. The van der Waals surface area contributed by atoms with Gasteiger partial charge in [0.05, 0.1) is 11.4 Å². The van der Waals surface area contributed by atoms with Gasteiger partial charge in [-0.2, -0.15) is 9.40 Å². The molecule has 0 saturated carbocycles. The molecule has 1 aliphatic heterocycles. The second kappa shape index (κ2) is 6.21. The topological polar surface area (TPSA) is 95.3 Å². The van der Waals surface area contributed by atoms with Crippen LogP contribution >= 0.6 is 0 Å². The van der Waals surface area contributed by atoms with Crippen molar-refractivity contribution in [2.75, 3.05) is 33.2 Å². The third kappa shape index (κ3) is 3.03. The van der Waals surface area contributed by atoms with Gasteiger partial charge in [-0.3, -0.25) is 5.10 Å². The summed E-state index contributed by atoms with van der Waals surface area (Å²) in [6, 6.07) is 0. The number of likely N-dealkylation sites (tertiary alicyclic amines) is 1. The molecule has 20 heavy (non-hydrogen) atoms. The van der Waals surface area contributed by atoms with E-state index in [1.54, 1.807) is 14.0 Å². The highest BCUT2D eigenvalue weighted by molar-refractivity contribution is 7.89. The van der Waals surface area contributed by atoms with Gasteiger partial charge in [0.15, 0.2) is 0 Å². The average molecular weight is 301 g/mol. The van der Waals surface area contributed by atoms with Gasteiger partial charge in [0.2, 0.25) is 10.0 Å². The molecule has 1 aromatic rings. The van der Waals surface area contributed by atoms with Gasteiger partial charge in [0.25, 0.3) is 0 Å². The third-order valence-corrected chi connectivity index (χ3v) is 5.81. The molecular weight excluding hydrogens is 278 g/mol. The number of aryl methyl sites for hydroxylation is 1. The molecule has 0 amide bonds. The SMILES string of the molecule is Cc1[nH]nc(CN)c1S(=O)(=O)N(C)CCN1CCCC1. The normalized spacial score (nSPS) is 17.2. The van der Waals surface area contributed by atoms with Crippen molar-refractivity contribution in [2.45, 2.75) is 31.2 Å². The predicted octanol–water partition coefficient (Wildman–Crippen LogP) is -0.107. The van der Waals surface area contributed by atoms with Crippen LogP contribution < -0.4 is 5.73 Å². The first-order valence-electron chi connectivity index (χ1n) is 6.89. The molecule has 114 valence electrons. The number of hydrogen-bond acceptors (Lipinski definition) is 5. The number of nitrogens with zero attached hydrogens (tertiary/aromatic N) is 3. The van der Waals surface area contributed by atoms with E-state index >= 15 is 0 Å². The minimum atomic E-state index is -3.53.